The minimum absolute atomic E-state index is 0.0909. The topological polar surface area (TPSA) is 29.1 Å². The highest BCUT2D eigenvalue weighted by atomic mass is 35.5. The van der Waals surface area contributed by atoms with Crippen molar-refractivity contribution in [3.63, 3.8) is 0 Å². The Kier molecular flexibility index (Phi) is 5.13. The predicted octanol–water partition coefficient (Wildman–Crippen LogP) is 2.33. The molecule has 0 rings (SSSR count). The van der Waals surface area contributed by atoms with Gasteiger partial charge in [0.1, 0.15) is 0 Å². The van der Waals surface area contributed by atoms with Gasteiger partial charge in [-0.15, -0.1) is 0 Å². The Labute approximate surface area is 77.6 Å². The number of halogens is 1. The number of allylic oxidation sites excluding steroid dienone is 5. The highest BCUT2D eigenvalue weighted by molar-refractivity contribution is 6.31. The molecule has 0 spiro atoms. The summed E-state index contributed by atoms with van der Waals surface area (Å²) in [6.07, 6.45) is 4.91. The number of carbonyl (C=O) groups is 1. The second-order valence-corrected chi connectivity index (χ2v) is 2.72. The molecule has 66 valence electrons. The number of amides is 1. The highest BCUT2D eigenvalue weighted by Crippen LogP contribution is 2.02. The van der Waals surface area contributed by atoms with E-state index in [1.54, 1.807) is 19.1 Å². The van der Waals surface area contributed by atoms with Crippen LogP contribution in [0.3, 0.4) is 0 Å². The average Bonchev–Trinajstić information content (AvgIpc) is 1.99. The lowest BCUT2D eigenvalue weighted by atomic mass is 10.4. The van der Waals surface area contributed by atoms with Gasteiger partial charge in [0.25, 0.3) is 0 Å². The summed E-state index contributed by atoms with van der Waals surface area (Å²) in [4.78, 5) is 10.5. The van der Waals surface area contributed by atoms with Crippen molar-refractivity contribution in [2.45, 2.75) is 13.8 Å². The van der Waals surface area contributed by atoms with E-state index < -0.39 is 0 Å². The van der Waals surface area contributed by atoms with Crippen LogP contribution in [0.1, 0.15) is 13.8 Å². The minimum atomic E-state index is -0.0909. The second kappa shape index (κ2) is 5.61. The van der Waals surface area contributed by atoms with E-state index in [4.69, 9.17) is 11.6 Å². The molecule has 0 heterocycles. The van der Waals surface area contributed by atoms with Crippen LogP contribution in [0.5, 0.6) is 0 Å². The summed E-state index contributed by atoms with van der Waals surface area (Å²) in [7, 11) is 0. The molecule has 0 saturated heterocycles. The summed E-state index contributed by atoms with van der Waals surface area (Å²) in [5, 5.41) is 3.15. The first kappa shape index (κ1) is 11.0. The number of rotatable bonds is 3. The summed E-state index contributed by atoms with van der Waals surface area (Å²) in [6.45, 7) is 6.72. The molecule has 0 aromatic carbocycles. The van der Waals surface area contributed by atoms with E-state index in [2.05, 4.69) is 11.9 Å². The average molecular weight is 186 g/mol. The Bertz CT molecular complexity index is 241. The fraction of sp³-hybridized carbons (Fsp3) is 0.222. The lowest BCUT2D eigenvalue weighted by Crippen LogP contribution is -2.16. The van der Waals surface area contributed by atoms with Crippen molar-refractivity contribution in [2.24, 2.45) is 0 Å². The third kappa shape index (κ3) is 5.74. The predicted molar refractivity (Wildman–Crippen MR) is 51.7 cm³/mol. The number of hydrogen-bond acceptors (Lipinski definition) is 1. The summed E-state index contributed by atoms with van der Waals surface area (Å²) in [5.41, 5.74) is 0.752. The molecule has 2 nitrogen and oxygen atoms in total. The van der Waals surface area contributed by atoms with E-state index in [0.717, 1.165) is 5.70 Å². The maximum Gasteiger partial charge on any atom is 0.220 e. The van der Waals surface area contributed by atoms with Crippen LogP contribution in [0.25, 0.3) is 0 Å². The minimum Gasteiger partial charge on any atom is -0.330 e. The molecule has 0 aliphatic carbocycles. The lowest BCUT2D eigenvalue weighted by molar-refractivity contribution is -0.118. The van der Waals surface area contributed by atoms with Gasteiger partial charge in [0.05, 0.1) is 0 Å². The molecule has 1 amide bonds. The third-order valence-electron chi connectivity index (χ3n) is 1.06. The van der Waals surface area contributed by atoms with Gasteiger partial charge in [-0.05, 0) is 19.1 Å². The molecular weight excluding hydrogens is 174 g/mol. The molecule has 0 radical (unpaired) electrons. The molecule has 3 heteroatoms. The van der Waals surface area contributed by atoms with Crippen LogP contribution < -0.4 is 5.32 Å². The van der Waals surface area contributed by atoms with Gasteiger partial charge < -0.3 is 5.32 Å². The van der Waals surface area contributed by atoms with Crippen molar-refractivity contribution in [3.05, 3.63) is 35.5 Å². The maximum absolute atomic E-state index is 10.5. The van der Waals surface area contributed by atoms with E-state index in [-0.39, 0.29) is 5.91 Å². The molecule has 12 heavy (non-hydrogen) atoms. The highest BCUT2D eigenvalue weighted by Gasteiger charge is 1.89. The Morgan fingerprint density at radius 3 is 2.42 bits per heavy atom. The summed E-state index contributed by atoms with van der Waals surface area (Å²) in [6, 6.07) is 0. The van der Waals surface area contributed by atoms with E-state index in [9.17, 15) is 4.79 Å². The Balaban J connectivity index is 4.17. The van der Waals surface area contributed by atoms with Crippen molar-refractivity contribution in [1.29, 1.82) is 0 Å². The lowest BCUT2D eigenvalue weighted by Gasteiger charge is -1.98. The SMILES string of the molecule is C=C/C(Cl)=C\C=C(/C)NC(C)=O. The second-order valence-electron chi connectivity index (χ2n) is 2.29. The van der Waals surface area contributed by atoms with Crippen LogP contribution in [0.4, 0.5) is 0 Å². The van der Waals surface area contributed by atoms with E-state index in [0.29, 0.717) is 5.03 Å². The van der Waals surface area contributed by atoms with Gasteiger partial charge in [-0.1, -0.05) is 24.3 Å². The normalized spacial score (nSPS) is 12.6. The van der Waals surface area contributed by atoms with Gasteiger partial charge in [0.15, 0.2) is 0 Å². The first-order valence-corrected chi connectivity index (χ1v) is 3.88. The zero-order valence-corrected chi connectivity index (χ0v) is 7.98. The van der Waals surface area contributed by atoms with E-state index in [1.165, 1.54) is 13.0 Å². The summed E-state index contributed by atoms with van der Waals surface area (Å²) in [5.74, 6) is -0.0909. The zero-order valence-electron chi connectivity index (χ0n) is 7.23. The van der Waals surface area contributed by atoms with Crippen molar-refractivity contribution in [3.8, 4) is 0 Å². The van der Waals surface area contributed by atoms with Crippen molar-refractivity contribution in [1.82, 2.24) is 5.32 Å². The van der Waals surface area contributed by atoms with Gasteiger partial charge in [0, 0.05) is 17.7 Å². The molecule has 0 bridgehead atoms. The van der Waals surface area contributed by atoms with Crippen LogP contribution in [-0.4, -0.2) is 5.91 Å². The first-order chi connectivity index (χ1) is 5.56. The molecular formula is C9H12ClNO. The molecule has 0 atom stereocenters. The number of hydrogen-bond donors (Lipinski definition) is 1. The molecule has 0 aromatic heterocycles. The largest absolute Gasteiger partial charge is 0.330 e. The van der Waals surface area contributed by atoms with Crippen LogP contribution in [-0.2, 0) is 4.79 Å². The molecule has 0 aliphatic heterocycles. The van der Waals surface area contributed by atoms with Crippen LogP contribution in [0, 0.1) is 0 Å². The molecule has 0 fully saturated rings. The molecule has 0 unspecified atom stereocenters. The summed E-state index contributed by atoms with van der Waals surface area (Å²) < 4.78 is 0. The third-order valence-corrected chi connectivity index (χ3v) is 1.34. The van der Waals surface area contributed by atoms with Gasteiger partial charge in [-0.3, -0.25) is 4.79 Å². The zero-order chi connectivity index (χ0) is 9.56. The van der Waals surface area contributed by atoms with Crippen LogP contribution in [0.2, 0.25) is 0 Å². The quantitative estimate of drug-likeness (QED) is 0.672. The van der Waals surface area contributed by atoms with Crippen molar-refractivity contribution in [2.75, 3.05) is 0 Å². The molecule has 1 N–H and O–H groups in total. The molecule has 0 saturated carbocycles. The fourth-order valence-electron chi connectivity index (χ4n) is 0.592. The number of nitrogens with one attached hydrogen (secondary N) is 1. The standard InChI is InChI=1S/C9H12ClNO/c1-4-9(10)6-5-7(2)11-8(3)12/h4-6H,1H2,2-3H3,(H,11,12)/b7-5+,9-6+. The van der Waals surface area contributed by atoms with E-state index >= 15 is 0 Å². The van der Waals surface area contributed by atoms with Gasteiger partial charge in [0.2, 0.25) is 5.91 Å². The van der Waals surface area contributed by atoms with Crippen molar-refractivity contribution < 1.29 is 4.79 Å². The Morgan fingerprint density at radius 1 is 1.42 bits per heavy atom. The smallest absolute Gasteiger partial charge is 0.220 e. The van der Waals surface area contributed by atoms with Gasteiger partial charge in [-0.2, -0.15) is 0 Å². The molecule has 0 aliphatic rings. The monoisotopic (exact) mass is 185 g/mol. The van der Waals surface area contributed by atoms with Crippen LogP contribution in [0.15, 0.2) is 35.5 Å². The maximum atomic E-state index is 10.5. The van der Waals surface area contributed by atoms with E-state index in [1.807, 2.05) is 0 Å². The fourth-order valence-corrected chi connectivity index (χ4v) is 0.655. The van der Waals surface area contributed by atoms with Crippen LogP contribution >= 0.6 is 11.6 Å². The van der Waals surface area contributed by atoms with Crippen molar-refractivity contribution >= 4 is 17.5 Å². The van der Waals surface area contributed by atoms with Gasteiger partial charge in [-0.25, -0.2) is 0 Å². The first-order valence-electron chi connectivity index (χ1n) is 3.50. The van der Waals surface area contributed by atoms with Gasteiger partial charge >= 0.3 is 0 Å². The Hall–Kier alpha value is -1.02. The summed E-state index contributed by atoms with van der Waals surface area (Å²) >= 11 is 5.63. The molecule has 0 aromatic rings. The Morgan fingerprint density at radius 2 is 2.00 bits per heavy atom. The number of carbonyl (C=O) groups excluding carboxylic acids is 1.